The van der Waals surface area contributed by atoms with Crippen LogP contribution in [-0.4, -0.2) is 28.2 Å². The first-order chi connectivity index (χ1) is 7.43. The molecule has 3 nitrogen and oxygen atoms in total. The summed E-state index contributed by atoms with van der Waals surface area (Å²) >= 11 is 3.44. The lowest BCUT2D eigenvalue weighted by molar-refractivity contribution is 0.535. The molecule has 1 aromatic heterocycles. The topological polar surface area (TPSA) is 29.9 Å². The average molecular weight is 274 g/mol. The summed E-state index contributed by atoms with van der Waals surface area (Å²) in [5, 5.41) is 8.71. The summed E-state index contributed by atoms with van der Waals surface area (Å²) in [4.78, 5) is 0. The summed E-state index contributed by atoms with van der Waals surface area (Å²) < 4.78 is 1.96. The van der Waals surface area contributed by atoms with E-state index in [2.05, 4.69) is 26.3 Å². The predicted molar refractivity (Wildman–Crippen MR) is 67.4 cm³/mol. The third-order valence-corrected chi connectivity index (χ3v) is 2.87. The van der Waals surface area contributed by atoms with Crippen molar-refractivity contribution in [3.63, 3.8) is 0 Å². The van der Waals surface area contributed by atoms with Crippen LogP contribution in [0.15, 0.2) is 18.5 Å². The van der Waals surface area contributed by atoms with Crippen molar-refractivity contribution in [3.8, 4) is 0 Å². The molecule has 0 unspecified atom stereocenters. The zero-order valence-corrected chi connectivity index (χ0v) is 10.7. The standard InChI is InChI=1S/C11H20BrN3/c12-6-3-1-2-4-7-13-9-11-15-10-5-8-14-15/h5,8,10,13H,1-4,6-7,9,11H2. The van der Waals surface area contributed by atoms with Gasteiger partial charge < -0.3 is 5.32 Å². The minimum atomic E-state index is 0.967. The first-order valence-electron chi connectivity index (χ1n) is 5.67. The van der Waals surface area contributed by atoms with E-state index in [4.69, 9.17) is 0 Å². The zero-order chi connectivity index (χ0) is 10.8. The molecule has 0 spiro atoms. The maximum Gasteiger partial charge on any atom is 0.0533 e. The van der Waals surface area contributed by atoms with Crippen LogP contribution in [0.1, 0.15) is 25.7 Å². The van der Waals surface area contributed by atoms with Gasteiger partial charge in [-0.1, -0.05) is 28.8 Å². The van der Waals surface area contributed by atoms with Gasteiger partial charge in [0, 0.05) is 24.3 Å². The van der Waals surface area contributed by atoms with Crippen molar-refractivity contribution < 1.29 is 0 Å². The van der Waals surface area contributed by atoms with Crippen molar-refractivity contribution >= 4 is 15.9 Å². The summed E-state index contributed by atoms with van der Waals surface area (Å²) in [5.74, 6) is 0. The van der Waals surface area contributed by atoms with Crippen molar-refractivity contribution in [1.82, 2.24) is 15.1 Å². The Morgan fingerprint density at radius 3 is 2.73 bits per heavy atom. The Morgan fingerprint density at radius 1 is 1.13 bits per heavy atom. The molecule has 0 radical (unpaired) electrons. The smallest absolute Gasteiger partial charge is 0.0533 e. The summed E-state index contributed by atoms with van der Waals surface area (Å²) in [6, 6.07) is 1.96. The first kappa shape index (κ1) is 12.7. The van der Waals surface area contributed by atoms with E-state index < -0.39 is 0 Å². The summed E-state index contributed by atoms with van der Waals surface area (Å²) in [6.07, 6.45) is 9.07. The van der Waals surface area contributed by atoms with Crippen LogP contribution in [0.3, 0.4) is 0 Å². The van der Waals surface area contributed by atoms with Gasteiger partial charge in [0.25, 0.3) is 0 Å². The molecule has 1 aromatic rings. The third-order valence-electron chi connectivity index (χ3n) is 2.31. The SMILES string of the molecule is BrCCCCCCNCCn1cccn1. The molecular weight excluding hydrogens is 254 g/mol. The minimum absolute atomic E-state index is 0.967. The molecule has 0 fully saturated rings. The van der Waals surface area contributed by atoms with Crippen molar-refractivity contribution in [2.45, 2.75) is 32.2 Å². The molecule has 1 heterocycles. The number of nitrogens with zero attached hydrogens (tertiary/aromatic N) is 2. The Bertz CT molecular complexity index is 224. The molecule has 1 rings (SSSR count). The van der Waals surface area contributed by atoms with Crippen molar-refractivity contribution in [3.05, 3.63) is 18.5 Å². The second-order valence-corrected chi connectivity index (χ2v) is 4.42. The number of nitrogens with one attached hydrogen (secondary N) is 1. The number of halogens is 1. The molecule has 0 aliphatic heterocycles. The van der Waals surface area contributed by atoms with E-state index in [0.717, 1.165) is 25.0 Å². The van der Waals surface area contributed by atoms with Gasteiger partial charge in [0.15, 0.2) is 0 Å². The normalized spacial score (nSPS) is 10.7. The van der Waals surface area contributed by atoms with E-state index >= 15 is 0 Å². The Hall–Kier alpha value is -0.350. The molecule has 1 N–H and O–H groups in total. The fourth-order valence-electron chi connectivity index (χ4n) is 1.45. The maximum absolute atomic E-state index is 4.15. The van der Waals surface area contributed by atoms with E-state index in [-0.39, 0.29) is 0 Å². The van der Waals surface area contributed by atoms with E-state index in [1.807, 2.05) is 23.1 Å². The Labute approximate surface area is 100 Å². The molecule has 0 saturated carbocycles. The number of hydrogen-bond acceptors (Lipinski definition) is 2. The van der Waals surface area contributed by atoms with Crippen LogP contribution in [-0.2, 0) is 6.54 Å². The monoisotopic (exact) mass is 273 g/mol. The third kappa shape index (κ3) is 6.68. The zero-order valence-electron chi connectivity index (χ0n) is 9.16. The molecule has 4 heteroatoms. The largest absolute Gasteiger partial charge is 0.315 e. The number of hydrogen-bond donors (Lipinski definition) is 1. The van der Waals surface area contributed by atoms with Crippen LogP contribution in [0.25, 0.3) is 0 Å². The van der Waals surface area contributed by atoms with Crippen molar-refractivity contribution in [2.75, 3.05) is 18.4 Å². The average Bonchev–Trinajstić information content (AvgIpc) is 2.75. The van der Waals surface area contributed by atoms with Crippen LogP contribution >= 0.6 is 15.9 Å². The molecule has 0 saturated heterocycles. The molecular formula is C11H20BrN3. The predicted octanol–water partition coefficient (Wildman–Crippen LogP) is 2.43. The van der Waals surface area contributed by atoms with Crippen LogP contribution in [0.4, 0.5) is 0 Å². The first-order valence-corrected chi connectivity index (χ1v) is 6.80. The molecule has 0 amide bonds. The van der Waals surface area contributed by atoms with Gasteiger partial charge >= 0.3 is 0 Å². The molecule has 0 aromatic carbocycles. The number of aromatic nitrogens is 2. The lowest BCUT2D eigenvalue weighted by atomic mass is 10.2. The van der Waals surface area contributed by atoms with Crippen LogP contribution < -0.4 is 5.32 Å². The molecule has 0 bridgehead atoms. The van der Waals surface area contributed by atoms with Gasteiger partial charge in [-0.3, -0.25) is 4.68 Å². The van der Waals surface area contributed by atoms with E-state index in [0.29, 0.717) is 0 Å². The second-order valence-electron chi connectivity index (χ2n) is 3.62. The summed E-state index contributed by atoms with van der Waals surface area (Å²) in [5.41, 5.74) is 0. The highest BCUT2D eigenvalue weighted by atomic mass is 79.9. The fourth-order valence-corrected chi connectivity index (χ4v) is 1.85. The van der Waals surface area contributed by atoms with Gasteiger partial charge in [-0.15, -0.1) is 0 Å². The van der Waals surface area contributed by atoms with Crippen LogP contribution in [0, 0.1) is 0 Å². The lowest BCUT2D eigenvalue weighted by Crippen LogP contribution is -2.21. The molecule has 15 heavy (non-hydrogen) atoms. The van der Waals surface area contributed by atoms with Gasteiger partial charge in [-0.2, -0.15) is 5.10 Å². The van der Waals surface area contributed by atoms with E-state index in [1.165, 1.54) is 25.7 Å². The van der Waals surface area contributed by atoms with Gasteiger partial charge in [0.05, 0.1) is 6.54 Å². The highest BCUT2D eigenvalue weighted by molar-refractivity contribution is 9.09. The molecule has 0 atom stereocenters. The van der Waals surface area contributed by atoms with E-state index in [1.54, 1.807) is 0 Å². The quantitative estimate of drug-likeness (QED) is 0.553. The van der Waals surface area contributed by atoms with Gasteiger partial charge in [0.2, 0.25) is 0 Å². The molecule has 86 valence electrons. The highest BCUT2D eigenvalue weighted by Crippen LogP contribution is 2.00. The Kier molecular flexibility index (Phi) is 7.56. The van der Waals surface area contributed by atoms with Crippen LogP contribution in [0.2, 0.25) is 0 Å². The highest BCUT2D eigenvalue weighted by Gasteiger charge is 1.91. The second kappa shape index (κ2) is 8.92. The fraction of sp³-hybridized carbons (Fsp3) is 0.727. The lowest BCUT2D eigenvalue weighted by Gasteiger charge is -2.04. The van der Waals surface area contributed by atoms with Crippen molar-refractivity contribution in [2.24, 2.45) is 0 Å². The van der Waals surface area contributed by atoms with Crippen LogP contribution in [0.5, 0.6) is 0 Å². The van der Waals surface area contributed by atoms with Gasteiger partial charge in [-0.25, -0.2) is 0 Å². The summed E-state index contributed by atoms with van der Waals surface area (Å²) in [7, 11) is 0. The van der Waals surface area contributed by atoms with Gasteiger partial charge in [-0.05, 0) is 25.5 Å². The van der Waals surface area contributed by atoms with Gasteiger partial charge in [0.1, 0.15) is 0 Å². The van der Waals surface area contributed by atoms with E-state index in [9.17, 15) is 0 Å². The number of unbranched alkanes of at least 4 members (excludes halogenated alkanes) is 3. The minimum Gasteiger partial charge on any atom is -0.315 e. The molecule has 0 aliphatic rings. The molecule has 0 aliphatic carbocycles. The maximum atomic E-state index is 4.15. The Morgan fingerprint density at radius 2 is 2.00 bits per heavy atom. The number of rotatable bonds is 9. The Balaban J connectivity index is 1.81. The van der Waals surface area contributed by atoms with Crippen molar-refractivity contribution in [1.29, 1.82) is 0 Å². The summed E-state index contributed by atoms with van der Waals surface area (Å²) in [6.45, 7) is 3.11. The number of alkyl halides is 1.